The highest BCUT2D eigenvalue weighted by atomic mass is 16.5. The number of rotatable bonds is 4. The summed E-state index contributed by atoms with van der Waals surface area (Å²) in [4.78, 5) is 23.9. The molecule has 0 fully saturated rings. The van der Waals surface area contributed by atoms with Gasteiger partial charge in [0.25, 0.3) is 0 Å². The van der Waals surface area contributed by atoms with Gasteiger partial charge in [0.15, 0.2) is 5.69 Å². The van der Waals surface area contributed by atoms with E-state index in [2.05, 4.69) is 10.4 Å². The minimum absolute atomic E-state index is 0.297. The van der Waals surface area contributed by atoms with Crippen molar-refractivity contribution in [1.82, 2.24) is 15.1 Å². The van der Waals surface area contributed by atoms with Gasteiger partial charge in [-0.2, -0.15) is 5.10 Å². The third-order valence-electron chi connectivity index (χ3n) is 3.91. The van der Waals surface area contributed by atoms with E-state index < -0.39 is 11.9 Å². The molecule has 1 N–H and O–H groups in total. The normalized spacial score (nSPS) is 13.2. The summed E-state index contributed by atoms with van der Waals surface area (Å²) < 4.78 is 11.6. The number of aromatic nitrogens is 2. The average molecular weight is 329 g/mol. The summed E-state index contributed by atoms with van der Waals surface area (Å²) in [6.45, 7) is 3.43. The number of carbonyl (C=O) groups is 2. The number of benzene rings is 1. The van der Waals surface area contributed by atoms with E-state index in [1.165, 1.54) is 7.11 Å². The van der Waals surface area contributed by atoms with Gasteiger partial charge in [-0.05, 0) is 25.1 Å². The molecule has 0 amide bonds. The lowest BCUT2D eigenvalue weighted by molar-refractivity contribution is 0.0516. The van der Waals surface area contributed by atoms with Crippen molar-refractivity contribution in [1.29, 1.82) is 0 Å². The Kier molecular flexibility index (Phi) is 4.61. The zero-order chi connectivity index (χ0) is 17.1. The lowest BCUT2D eigenvalue weighted by Gasteiger charge is -2.15. The molecule has 0 bridgehead atoms. The number of carbonyl (C=O) groups excluding carboxylic acids is 2. The van der Waals surface area contributed by atoms with E-state index >= 15 is 0 Å². The SMILES string of the molecule is CCOC(=O)c1nn(-c2cccc(C(=O)OC)c2)c2c1CNCC2. The summed E-state index contributed by atoms with van der Waals surface area (Å²) in [5, 5.41) is 7.70. The van der Waals surface area contributed by atoms with Gasteiger partial charge in [-0.1, -0.05) is 6.07 Å². The van der Waals surface area contributed by atoms with E-state index in [0.29, 0.717) is 30.1 Å². The summed E-state index contributed by atoms with van der Waals surface area (Å²) in [5.41, 5.74) is 3.28. The number of methoxy groups -OCH3 is 1. The van der Waals surface area contributed by atoms with Gasteiger partial charge in [-0.3, -0.25) is 0 Å². The first-order chi connectivity index (χ1) is 11.7. The molecule has 0 saturated heterocycles. The van der Waals surface area contributed by atoms with Crippen molar-refractivity contribution in [2.45, 2.75) is 19.9 Å². The molecule has 1 aromatic heterocycles. The van der Waals surface area contributed by atoms with E-state index in [-0.39, 0.29) is 0 Å². The quantitative estimate of drug-likeness (QED) is 0.856. The van der Waals surface area contributed by atoms with E-state index in [4.69, 9.17) is 9.47 Å². The minimum Gasteiger partial charge on any atom is -0.465 e. The molecular formula is C17H19N3O4. The van der Waals surface area contributed by atoms with Gasteiger partial charge in [-0.25, -0.2) is 14.3 Å². The predicted octanol–water partition coefficient (Wildman–Crippen LogP) is 1.48. The fraction of sp³-hybridized carbons (Fsp3) is 0.353. The molecule has 1 aliphatic heterocycles. The summed E-state index contributed by atoms with van der Waals surface area (Å²) in [7, 11) is 1.34. The van der Waals surface area contributed by atoms with Gasteiger partial charge in [0.1, 0.15) is 0 Å². The molecule has 24 heavy (non-hydrogen) atoms. The Morgan fingerprint density at radius 2 is 2.17 bits per heavy atom. The lowest BCUT2D eigenvalue weighted by Crippen LogP contribution is -2.25. The standard InChI is InChI=1S/C17H19N3O4/c1-3-24-17(22)15-13-10-18-8-7-14(13)20(19-15)12-6-4-5-11(9-12)16(21)23-2/h4-6,9,18H,3,7-8,10H2,1-2H3. The van der Waals surface area contributed by atoms with Crippen molar-refractivity contribution < 1.29 is 19.1 Å². The molecule has 0 atom stereocenters. The molecule has 2 heterocycles. The van der Waals surface area contributed by atoms with Crippen LogP contribution in [0.1, 0.15) is 39.0 Å². The Balaban J connectivity index is 2.08. The number of nitrogens with one attached hydrogen (secondary N) is 1. The summed E-state index contributed by atoms with van der Waals surface area (Å²) in [5.74, 6) is -0.842. The van der Waals surface area contributed by atoms with Crippen LogP contribution in [0, 0.1) is 0 Å². The van der Waals surface area contributed by atoms with Gasteiger partial charge in [0.2, 0.25) is 0 Å². The lowest BCUT2D eigenvalue weighted by atomic mass is 10.1. The smallest absolute Gasteiger partial charge is 0.359 e. The highest BCUT2D eigenvalue weighted by Gasteiger charge is 2.26. The highest BCUT2D eigenvalue weighted by molar-refractivity contribution is 5.90. The molecule has 1 aliphatic rings. The van der Waals surface area contributed by atoms with E-state index in [9.17, 15) is 9.59 Å². The fourth-order valence-electron chi connectivity index (χ4n) is 2.81. The second-order valence-electron chi connectivity index (χ2n) is 5.37. The van der Waals surface area contributed by atoms with Crippen LogP contribution in [0.2, 0.25) is 0 Å². The Hall–Kier alpha value is -2.67. The molecule has 0 radical (unpaired) electrons. The number of hydrogen-bond donors (Lipinski definition) is 1. The minimum atomic E-state index is -0.430. The Morgan fingerprint density at radius 1 is 1.33 bits per heavy atom. The van der Waals surface area contributed by atoms with Crippen molar-refractivity contribution in [2.24, 2.45) is 0 Å². The van der Waals surface area contributed by atoms with Crippen LogP contribution in [0.5, 0.6) is 0 Å². The van der Waals surface area contributed by atoms with Crippen LogP contribution in [-0.4, -0.2) is 42.0 Å². The monoisotopic (exact) mass is 329 g/mol. The second-order valence-corrected chi connectivity index (χ2v) is 5.37. The van der Waals surface area contributed by atoms with Gasteiger partial charge < -0.3 is 14.8 Å². The van der Waals surface area contributed by atoms with Crippen molar-refractivity contribution in [3.05, 3.63) is 46.8 Å². The molecular weight excluding hydrogens is 310 g/mol. The molecule has 0 spiro atoms. The maximum atomic E-state index is 12.2. The van der Waals surface area contributed by atoms with Crippen LogP contribution in [0.3, 0.4) is 0 Å². The third kappa shape index (κ3) is 2.90. The van der Waals surface area contributed by atoms with E-state index in [1.807, 2.05) is 6.07 Å². The van der Waals surface area contributed by atoms with Gasteiger partial charge >= 0.3 is 11.9 Å². The maximum absolute atomic E-state index is 12.2. The Bertz CT molecular complexity index is 782. The zero-order valence-corrected chi connectivity index (χ0v) is 13.7. The van der Waals surface area contributed by atoms with E-state index in [1.54, 1.807) is 29.8 Å². The van der Waals surface area contributed by atoms with Crippen LogP contribution < -0.4 is 5.32 Å². The van der Waals surface area contributed by atoms with E-state index in [0.717, 1.165) is 24.2 Å². The first-order valence-electron chi connectivity index (χ1n) is 7.83. The first kappa shape index (κ1) is 16.2. The number of hydrogen-bond acceptors (Lipinski definition) is 6. The molecule has 1 aromatic carbocycles. The topological polar surface area (TPSA) is 82.5 Å². The summed E-state index contributed by atoms with van der Waals surface area (Å²) >= 11 is 0. The van der Waals surface area contributed by atoms with Crippen molar-refractivity contribution >= 4 is 11.9 Å². The van der Waals surface area contributed by atoms with Crippen molar-refractivity contribution in [3.63, 3.8) is 0 Å². The van der Waals surface area contributed by atoms with Crippen molar-refractivity contribution in [3.8, 4) is 5.69 Å². The highest BCUT2D eigenvalue weighted by Crippen LogP contribution is 2.23. The zero-order valence-electron chi connectivity index (χ0n) is 13.7. The van der Waals surface area contributed by atoms with Crippen molar-refractivity contribution in [2.75, 3.05) is 20.3 Å². The second kappa shape index (κ2) is 6.84. The Morgan fingerprint density at radius 3 is 2.92 bits per heavy atom. The number of ether oxygens (including phenoxy) is 2. The maximum Gasteiger partial charge on any atom is 0.359 e. The molecule has 7 heteroatoms. The van der Waals surface area contributed by atoms with Crippen LogP contribution in [-0.2, 0) is 22.4 Å². The molecule has 2 aromatic rings. The molecule has 3 rings (SSSR count). The van der Waals surface area contributed by atoms with Crippen LogP contribution in [0.15, 0.2) is 24.3 Å². The van der Waals surface area contributed by atoms with Crippen LogP contribution in [0.4, 0.5) is 0 Å². The first-order valence-corrected chi connectivity index (χ1v) is 7.83. The molecule has 126 valence electrons. The molecule has 0 aliphatic carbocycles. The molecule has 7 nitrogen and oxygen atoms in total. The summed E-state index contributed by atoms with van der Waals surface area (Å²) in [6, 6.07) is 6.99. The summed E-state index contributed by atoms with van der Waals surface area (Å²) in [6.07, 6.45) is 0.740. The number of fused-ring (bicyclic) bond motifs is 1. The van der Waals surface area contributed by atoms with Crippen LogP contribution in [0.25, 0.3) is 5.69 Å². The average Bonchev–Trinajstić information content (AvgIpc) is 3.01. The fourth-order valence-corrected chi connectivity index (χ4v) is 2.81. The number of nitrogens with zero attached hydrogens (tertiary/aromatic N) is 2. The van der Waals surface area contributed by atoms with Gasteiger partial charge in [-0.15, -0.1) is 0 Å². The van der Waals surface area contributed by atoms with Gasteiger partial charge in [0.05, 0.1) is 30.7 Å². The van der Waals surface area contributed by atoms with Gasteiger partial charge in [0, 0.05) is 25.1 Å². The molecule has 0 saturated carbocycles. The Labute approximate surface area is 139 Å². The largest absolute Gasteiger partial charge is 0.465 e. The van der Waals surface area contributed by atoms with Crippen LogP contribution >= 0.6 is 0 Å². The molecule has 0 unspecified atom stereocenters. The number of esters is 2. The third-order valence-corrected chi connectivity index (χ3v) is 3.91. The predicted molar refractivity (Wildman–Crippen MR) is 86.3 cm³/mol.